The number of fused-ring (bicyclic) bond motifs is 1. The molecule has 0 spiro atoms. The van der Waals surface area contributed by atoms with Gasteiger partial charge >= 0.3 is 0 Å². The van der Waals surface area contributed by atoms with Crippen LogP contribution in [0.2, 0.25) is 0 Å². The van der Waals surface area contributed by atoms with Gasteiger partial charge in [0.15, 0.2) is 0 Å². The molecule has 3 rings (SSSR count). The van der Waals surface area contributed by atoms with Crippen molar-refractivity contribution in [2.75, 3.05) is 11.9 Å². The SMILES string of the molecule is CN(C(=O)C1C2CCCCC21)c1ccccc1C#N. The molecule has 2 aliphatic rings. The van der Waals surface area contributed by atoms with E-state index in [1.807, 2.05) is 18.2 Å². The minimum Gasteiger partial charge on any atom is -0.314 e. The van der Waals surface area contributed by atoms with Crippen LogP contribution in [-0.4, -0.2) is 13.0 Å². The fraction of sp³-hybridized carbons (Fsp3) is 0.500. The van der Waals surface area contributed by atoms with Crippen molar-refractivity contribution in [3.63, 3.8) is 0 Å². The van der Waals surface area contributed by atoms with Crippen LogP contribution in [0.5, 0.6) is 0 Å². The predicted molar refractivity (Wildman–Crippen MR) is 73.5 cm³/mol. The van der Waals surface area contributed by atoms with Crippen molar-refractivity contribution in [2.45, 2.75) is 25.7 Å². The van der Waals surface area contributed by atoms with Crippen molar-refractivity contribution in [2.24, 2.45) is 17.8 Å². The first kappa shape index (κ1) is 12.2. The second kappa shape index (κ2) is 4.70. The molecule has 0 saturated heterocycles. The summed E-state index contributed by atoms with van der Waals surface area (Å²) in [6, 6.07) is 9.48. The summed E-state index contributed by atoms with van der Waals surface area (Å²) >= 11 is 0. The first-order chi connectivity index (χ1) is 9.24. The molecule has 2 unspecified atom stereocenters. The number of nitrogens with zero attached hydrogens (tertiary/aromatic N) is 2. The van der Waals surface area contributed by atoms with Gasteiger partial charge in [-0.3, -0.25) is 4.79 Å². The summed E-state index contributed by atoms with van der Waals surface area (Å²) < 4.78 is 0. The average molecular weight is 254 g/mol. The number of anilines is 1. The number of hydrogen-bond acceptors (Lipinski definition) is 2. The van der Waals surface area contributed by atoms with Gasteiger partial charge in [0, 0.05) is 13.0 Å². The third-order valence-corrected chi connectivity index (χ3v) is 4.66. The van der Waals surface area contributed by atoms with E-state index in [0.29, 0.717) is 17.4 Å². The lowest BCUT2D eigenvalue weighted by Crippen LogP contribution is -2.29. The maximum Gasteiger partial charge on any atom is 0.230 e. The van der Waals surface area contributed by atoms with Crippen LogP contribution < -0.4 is 4.90 Å². The number of carbonyl (C=O) groups is 1. The van der Waals surface area contributed by atoms with Crippen molar-refractivity contribution >= 4 is 11.6 Å². The second-order valence-corrected chi connectivity index (χ2v) is 5.66. The molecule has 3 heteroatoms. The van der Waals surface area contributed by atoms with Crippen LogP contribution in [0, 0.1) is 29.1 Å². The molecule has 2 aliphatic carbocycles. The second-order valence-electron chi connectivity index (χ2n) is 5.66. The molecule has 1 aromatic rings. The van der Waals surface area contributed by atoms with Gasteiger partial charge in [-0.15, -0.1) is 0 Å². The lowest BCUT2D eigenvalue weighted by molar-refractivity contribution is -0.120. The Labute approximate surface area is 113 Å². The van der Waals surface area contributed by atoms with Crippen molar-refractivity contribution < 1.29 is 4.79 Å². The molecule has 2 atom stereocenters. The molecule has 19 heavy (non-hydrogen) atoms. The maximum atomic E-state index is 12.6. The van der Waals surface area contributed by atoms with E-state index in [-0.39, 0.29) is 11.8 Å². The third kappa shape index (κ3) is 2.02. The topological polar surface area (TPSA) is 44.1 Å². The third-order valence-electron chi connectivity index (χ3n) is 4.66. The van der Waals surface area contributed by atoms with Crippen LogP contribution in [-0.2, 0) is 4.79 Å². The fourth-order valence-corrected chi connectivity index (χ4v) is 3.56. The summed E-state index contributed by atoms with van der Waals surface area (Å²) in [4.78, 5) is 14.2. The Hall–Kier alpha value is -1.82. The molecule has 0 radical (unpaired) electrons. The van der Waals surface area contributed by atoms with Crippen molar-refractivity contribution in [1.29, 1.82) is 5.26 Å². The largest absolute Gasteiger partial charge is 0.314 e. The molecule has 0 bridgehead atoms. The molecule has 1 amide bonds. The Kier molecular flexibility index (Phi) is 3.02. The Bertz CT molecular complexity index is 534. The summed E-state index contributed by atoms with van der Waals surface area (Å²) in [7, 11) is 1.79. The van der Waals surface area contributed by atoms with Crippen molar-refractivity contribution in [1.82, 2.24) is 0 Å². The molecular formula is C16H18N2O. The smallest absolute Gasteiger partial charge is 0.230 e. The molecule has 0 N–H and O–H groups in total. The molecule has 0 aromatic heterocycles. The Balaban J connectivity index is 1.79. The summed E-state index contributed by atoms with van der Waals surface area (Å²) in [5.74, 6) is 1.62. The zero-order valence-electron chi connectivity index (χ0n) is 11.2. The van der Waals surface area contributed by atoms with Crippen molar-refractivity contribution in [3.05, 3.63) is 29.8 Å². The number of carbonyl (C=O) groups excluding carboxylic acids is 1. The van der Waals surface area contributed by atoms with Gasteiger partial charge in [0.25, 0.3) is 0 Å². The van der Waals surface area contributed by atoms with Crippen LogP contribution in [0.25, 0.3) is 0 Å². The van der Waals surface area contributed by atoms with Gasteiger partial charge in [0.2, 0.25) is 5.91 Å². The molecule has 2 fully saturated rings. The predicted octanol–water partition coefficient (Wildman–Crippen LogP) is 2.96. The Morgan fingerprint density at radius 3 is 2.53 bits per heavy atom. The van der Waals surface area contributed by atoms with Crippen molar-refractivity contribution in [3.8, 4) is 6.07 Å². The number of nitriles is 1. The quantitative estimate of drug-likeness (QED) is 0.814. The van der Waals surface area contributed by atoms with Crippen LogP contribution in [0.3, 0.4) is 0 Å². The minimum atomic E-state index is 0.194. The van der Waals surface area contributed by atoms with E-state index in [1.54, 1.807) is 18.0 Å². The summed E-state index contributed by atoms with van der Waals surface area (Å²) in [5.41, 5.74) is 1.31. The average Bonchev–Trinajstić information content (AvgIpc) is 3.20. The molecule has 3 nitrogen and oxygen atoms in total. The molecule has 98 valence electrons. The first-order valence-corrected chi connectivity index (χ1v) is 7.00. The summed E-state index contributed by atoms with van der Waals surface area (Å²) in [6.07, 6.45) is 4.94. The van der Waals surface area contributed by atoms with Crippen LogP contribution in [0.4, 0.5) is 5.69 Å². The van der Waals surface area contributed by atoms with Gasteiger partial charge in [-0.1, -0.05) is 25.0 Å². The molecule has 1 aromatic carbocycles. The maximum absolute atomic E-state index is 12.6. The highest BCUT2D eigenvalue weighted by Crippen LogP contribution is 2.56. The first-order valence-electron chi connectivity index (χ1n) is 7.00. The Morgan fingerprint density at radius 2 is 1.89 bits per heavy atom. The fourth-order valence-electron chi connectivity index (χ4n) is 3.56. The molecule has 2 saturated carbocycles. The van der Waals surface area contributed by atoms with E-state index in [0.717, 1.165) is 5.69 Å². The molecular weight excluding hydrogens is 236 g/mol. The van der Waals surface area contributed by atoms with E-state index in [1.165, 1.54) is 25.7 Å². The van der Waals surface area contributed by atoms with Gasteiger partial charge < -0.3 is 4.90 Å². The zero-order valence-corrected chi connectivity index (χ0v) is 11.2. The van der Waals surface area contributed by atoms with E-state index >= 15 is 0 Å². The summed E-state index contributed by atoms with van der Waals surface area (Å²) in [5, 5.41) is 9.12. The lowest BCUT2D eigenvalue weighted by atomic mass is 10.0. The number of benzene rings is 1. The van der Waals surface area contributed by atoms with E-state index in [9.17, 15) is 4.79 Å². The Morgan fingerprint density at radius 1 is 1.26 bits per heavy atom. The van der Waals surface area contributed by atoms with E-state index in [2.05, 4.69) is 6.07 Å². The van der Waals surface area contributed by atoms with E-state index in [4.69, 9.17) is 5.26 Å². The molecule has 0 heterocycles. The number of rotatable bonds is 2. The zero-order chi connectivity index (χ0) is 13.4. The highest BCUT2D eigenvalue weighted by Gasteiger charge is 2.55. The van der Waals surface area contributed by atoms with Gasteiger partial charge in [0.1, 0.15) is 6.07 Å². The standard InChI is InChI=1S/C16H18N2O/c1-18(14-9-5-2-6-11(14)10-17)16(19)15-12-7-3-4-8-13(12)15/h2,5-6,9,12-13,15H,3-4,7-8H2,1H3. The monoisotopic (exact) mass is 254 g/mol. The number of para-hydroxylation sites is 1. The van der Waals surface area contributed by atoms with Crippen LogP contribution in [0.1, 0.15) is 31.2 Å². The van der Waals surface area contributed by atoms with Gasteiger partial charge in [-0.05, 0) is 36.8 Å². The minimum absolute atomic E-state index is 0.194. The lowest BCUT2D eigenvalue weighted by Gasteiger charge is -2.18. The molecule has 0 aliphatic heterocycles. The van der Waals surface area contributed by atoms with Gasteiger partial charge in [-0.2, -0.15) is 5.26 Å². The van der Waals surface area contributed by atoms with Crippen LogP contribution >= 0.6 is 0 Å². The van der Waals surface area contributed by atoms with E-state index < -0.39 is 0 Å². The highest BCUT2D eigenvalue weighted by molar-refractivity contribution is 5.97. The highest BCUT2D eigenvalue weighted by atomic mass is 16.2. The number of hydrogen-bond donors (Lipinski definition) is 0. The van der Waals surface area contributed by atoms with Crippen LogP contribution in [0.15, 0.2) is 24.3 Å². The van der Waals surface area contributed by atoms with Gasteiger partial charge in [-0.25, -0.2) is 0 Å². The van der Waals surface area contributed by atoms with Gasteiger partial charge in [0.05, 0.1) is 11.3 Å². The number of amides is 1. The summed E-state index contributed by atoms with van der Waals surface area (Å²) in [6.45, 7) is 0. The normalized spacial score (nSPS) is 28.1.